The summed E-state index contributed by atoms with van der Waals surface area (Å²) < 4.78 is 45.0. The Morgan fingerprint density at radius 1 is 1.50 bits per heavy atom. The van der Waals surface area contributed by atoms with Crippen molar-refractivity contribution in [2.75, 3.05) is 26.7 Å². The van der Waals surface area contributed by atoms with Crippen LogP contribution >= 0.6 is 12.4 Å². The van der Waals surface area contributed by atoms with Crippen molar-refractivity contribution in [3.05, 3.63) is 28.1 Å². The third kappa shape index (κ3) is 3.61. The lowest BCUT2D eigenvalue weighted by molar-refractivity contribution is -0.386. The lowest BCUT2D eigenvalue weighted by Gasteiger charge is -2.22. The Hall–Kier alpha value is -1.49. The summed E-state index contributed by atoms with van der Waals surface area (Å²) in [7, 11) is -2.97. The van der Waals surface area contributed by atoms with E-state index < -0.39 is 37.1 Å². The molecule has 0 saturated carbocycles. The molecule has 0 radical (unpaired) electrons. The number of benzene rings is 1. The number of halogens is 2. The van der Waals surface area contributed by atoms with Crippen LogP contribution in [0, 0.1) is 21.3 Å². The standard InChI is InChI=1S/C13H18FN3O5S.ClH/c1-13(7-15)3-4-16(8-13)23(20,21)9-5-10(14)12(22-2)11(6-9)17(18)19;/h5-6H,3-4,7-8,15H2,1-2H3;1H. The molecule has 1 heterocycles. The normalized spacial score (nSPS) is 21.3. The molecule has 2 N–H and O–H groups in total. The molecule has 8 nitrogen and oxygen atoms in total. The van der Waals surface area contributed by atoms with Crippen LogP contribution in [0.5, 0.6) is 5.75 Å². The zero-order chi connectivity index (χ0) is 17.4. The van der Waals surface area contributed by atoms with Crippen LogP contribution in [-0.2, 0) is 10.0 Å². The number of nitrogens with zero attached hydrogens (tertiary/aromatic N) is 2. The molecular formula is C13H19ClFN3O5S. The van der Waals surface area contributed by atoms with E-state index in [1.54, 1.807) is 0 Å². The quantitative estimate of drug-likeness (QED) is 0.608. The molecule has 1 aromatic rings. The van der Waals surface area contributed by atoms with Crippen LogP contribution in [-0.4, -0.2) is 44.4 Å². The molecule has 136 valence electrons. The second-order valence-corrected chi connectivity index (χ2v) is 7.76. The van der Waals surface area contributed by atoms with Crippen LogP contribution in [0.2, 0.25) is 0 Å². The van der Waals surface area contributed by atoms with Gasteiger partial charge < -0.3 is 10.5 Å². The fourth-order valence-electron chi connectivity index (χ4n) is 2.54. The van der Waals surface area contributed by atoms with Gasteiger partial charge in [-0.1, -0.05) is 6.92 Å². The summed E-state index contributed by atoms with van der Waals surface area (Å²) in [5, 5.41) is 11.0. The number of hydrogen-bond donors (Lipinski definition) is 1. The van der Waals surface area contributed by atoms with E-state index in [0.717, 1.165) is 19.2 Å². The van der Waals surface area contributed by atoms with Gasteiger partial charge in [0.15, 0.2) is 5.82 Å². The van der Waals surface area contributed by atoms with Crippen LogP contribution < -0.4 is 10.5 Å². The van der Waals surface area contributed by atoms with E-state index in [1.165, 1.54) is 4.31 Å². The van der Waals surface area contributed by atoms with Crippen molar-refractivity contribution < 1.29 is 22.5 Å². The van der Waals surface area contributed by atoms with Gasteiger partial charge in [-0.2, -0.15) is 4.31 Å². The molecule has 0 aromatic heterocycles. The molecule has 2 rings (SSSR count). The van der Waals surface area contributed by atoms with Crippen LogP contribution in [0.4, 0.5) is 10.1 Å². The fourth-order valence-corrected chi connectivity index (χ4v) is 4.17. The predicted octanol–water partition coefficient (Wildman–Crippen LogP) is 1.52. The largest absolute Gasteiger partial charge is 0.488 e. The Kier molecular flexibility index (Phi) is 6.15. The maximum atomic E-state index is 14.0. The molecule has 1 aromatic carbocycles. The van der Waals surface area contributed by atoms with Gasteiger partial charge in [0.1, 0.15) is 0 Å². The first-order valence-corrected chi connectivity index (χ1v) is 8.31. The molecule has 0 aliphatic carbocycles. The summed E-state index contributed by atoms with van der Waals surface area (Å²) in [5.74, 6) is -1.69. The topological polar surface area (TPSA) is 116 Å². The highest BCUT2D eigenvalue weighted by Crippen LogP contribution is 2.36. The highest BCUT2D eigenvalue weighted by atomic mass is 35.5. The van der Waals surface area contributed by atoms with Crippen molar-refractivity contribution >= 4 is 28.1 Å². The van der Waals surface area contributed by atoms with Gasteiger partial charge in [-0.05, 0) is 24.4 Å². The van der Waals surface area contributed by atoms with Crippen LogP contribution in [0.15, 0.2) is 17.0 Å². The third-order valence-electron chi connectivity index (χ3n) is 4.05. The van der Waals surface area contributed by atoms with Crippen LogP contribution in [0.3, 0.4) is 0 Å². The van der Waals surface area contributed by atoms with Crippen molar-refractivity contribution in [2.45, 2.75) is 18.2 Å². The van der Waals surface area contributed by atoms with Gasteiger partial charge >= 0.3 is 5.69 Å². The van der Waals surface area contributed by atoms with Crippen molar-refractivity contribution in [3.63, 3.8) is 0 Å². The minimum absolute atomic E-state index is 0. The highest BCUT2D eigenvalue weighted by molar-refractivity contribution is 7.89. The van der Waals surface area contributed by atoms with Gasteiger partial charge in [0, 0.05) is 19.2 Å². The van der Waals surface area contributed by atoms with Crippen LogP contribution in [0.25, 0.3) is 0 Å². The zero-order valence-corrected chi connectivity index (χ0v) is 14.8. The van der Waals surface area contributed by atoms with Gasteiger partial charge in [-0.15, -0.1) is 12.4 Å². The van der Waals surface area contributed by atoms with Crippen molar-refractivity contribution in [1.82, 2.24) is 4.31 Å². The van der Waals surface area contributed by atoms with Crippen molar-refractivity contribution in [1.29, 1.82) is 0 Å². The third-order valence-corrected chi connectivity index (χ3v) is 5.87. The molecule has 0 amide bonds. The number of nitro groups is 1. The molecule has 1 saturated heterocycles. The molecular weight excluding hydrogens is 365 g/mol. The Bertz CT molecular complexity index is 745. The van der Waals surface area contributed by atoms with E-state index in [9.17, 15) is 22.9 Å². The first-order valence-electron chi connectivity index (χ1n) is 6.87. The zero-order valence-electron chi connectivity index (χ0n) is 13.2. The van der Waals surface area contributed by atoms with E-state index >= 15 is 0 Å². The smallest absolute Gasteiger partial charge is 0.315 e. The Morgan fingerprint density at radius 2 is 2.12 bits per heavy atom. The molecule has 1 fully saturated rings. The number of sulfonamides is 1. The molecule has 11 heteroatoms. The number of nitro benzene ring substituents is 1. The first kappa shape index (κ1) is 20.6. The lowest BCUT2D eigenvalue weighted by atomic mass is 9.90. The summed E-state index contributed by atoms with van der Waals surface area (Å²) in [6.07, 6.45) is 0.573. The summed E-state index contributed by atoms with van der Waals surface area (Å²) in [6, 6.07) is 1.55. The summed E-state index contributed by atoms with van der Waals surface area (Å²) >= 11 is 0. The Morgan fingerprint density at radius 3 is 2.58 bits per heavy atom. The summed E-state index contributed by atoms with van der Waals surface area (Å²) in [4.78, 5) is 9.67. The molecule has 24 heavy (non-hydrogen) atoms. The average Bonchev–Trinajstić information content (AvgIpc) is 2.90. The van der Waals surface area contributed by atoms with E-state index in [-0.39, 0.29) is 30.9 Å². The summed E-state index contributed by atoms with van der Waals surface area (Å²) in [6.45, 7) is 2.60. The number of nitrogens with two attached hydrogens (primary N) is 1. The number of rotatable bonds is 5. The monoisotopic (exact) mass is 383 g/mol. The number of ether oxygens (including phenoxy) is 1. The van der Waals surface area contributed by atoms with Gasteiger partial charge in [0.25, 0.3) is 0 Å². The molecule has 1 aliphatic heterocycles. The van der Waals surface area contributed by atoms with Crippen LogP contribution in [0.1, 0.15) is 13.3 Å². The first-order chi connectivity index (χ1) is 10.6. The molecule has 1 atom stereocenters. The number of hydrogen-bond acceptors (Lipinski definition) is 6. The lowest BCUT2D eigenvalue weighted by Crippen LogP contribution is -2.34. The maximum absolute atomic E-state index is 14.0. The van der Waals surface area contributed by atoms with E-state index in [0.29, 0.717) is 13.0 Å². The fraction of sp³-hybridized carbons (Fsp3) is 0.538. The van der Waals surface area contributed by atoms with Crippen molar-refractivity contribution in [2.24, 2.45) is 11.1 Å². The minimum Gasteiger partial charge on any atom is -0.488 e. The maximum Gasteiger partial charge on any atom is 0.315 e. The Labute approximate surface area is 145 Å². The molecule has 1 unspecified atom stereocenters. The molecule has 0 spiro atoms. The highest BCUT2D eigenvalue weighted by Gasteiger charge is 2.40. The summed E-state index contributed by atoms with van der Waals surface area (Å²) in [5.41, 5.74) is 4.56. The minimum atomic E-state index is -4.05. The van der Waals surface area contributed by atoms with E-state index in [2.05, 4.69) is 4.74 Å². The average molecular weight is 384 g/mol. The van der Waals surface area contributed by atoms with Gasteiger partial charge in [0.2, 0.25) is 15.8 Å². The SMILES string of the molecule is COc1c(F)cc(S(=O)(=O)N2CCC(C)(CN)C2)cc1[N+](=O)[O-].Cl. The van der Waals surface area contributed by atoms with Crippen molar-refractivity contribution in [3.8, 4) is 5.75 Å². The predicted molar refractivity (Wildman–Crippen MR) is 87.4 cm³/mol. The van der Waals surface area contributed by atoms with Gasteiger partial charge in [0.05, 0.1) is 16.9 Å². The Balaban J connectivity index is 0.00000288. The number of methoxy groups -OCH3 is 1. The second kappa shape index (κ2) is 7.18. The van der Waals surface area contributed by atoms with Gasteiger partial charge in [-0.25, -0.2) is 12.8 Å². The van der Waals surface area contributed by atoms with Gasteiger partial charge in [-0.3, -0.25) is 10.1 Å². The van der Waals surface area contributed by atoms with E-state index in [4.69, 9.17) is 5.73 Å². The molecule has 0 bridgehead atoms. The van der Waals surface area contributed by atoms with E-state index in [1.807, 2.05) is 6.92 Å². The molecule has 1 aliphatic rings. The second-order valence-electron chi connectivity index (χ2n) is 5.82.